The summed E-state index contributed by atoms with van der Waals surface area (Å²) in [5.41, 5.74) is 0.804. The SMILES string of the molecule is C=C(C)COC(=O)OCCC. The van der Waals surface area contributed by atoms with Crippen molar-refractivity contribution in [3.8, 4) is 0 Å². The largest absolute Gasteiger partial charge is 0.508 e. The number of carbonyl (C=O) groups is 1. The quantitative estimate of drug-likeness (QED) is 0.464. The Balaban J connectivity index is 3.30. The first-order chi connectivity index (χ1) is 5.16. The second-order valence-corrected chi connectivity index (χ2v) is 2.34. The molecule has 0 aromatic rings. The summed E-state index contributed by atoms with van der Waals surface area (Å²) in [7, 11) is 0. The molecule has 0 aliphatic rings. The summed E-state index contributed by atoms with van der Waals surface area (Å²) in [5, 5.41) is 0. The van der Waals surface area contributed by atoms with E-state index in [1.54, 1.807) is 6.92 Å². The van der Waals surface area contributed by atoms with Gasteiger partial charge in [-0.1, -0.05) is 13.5 Å². The number of carbonyl (C=O) groups excluding carboxylic acids is 1. The fourth-order valence-electron chi connectivity index (χ4n) is 0.409. The van der Waals surface area contributed by atoms with Crippen LogP contribution in [-0.2, 0) is 9.47 Å². The average Bonchev–Trinajstić information content (AvgIpc) is 1.97. The van der Waals surface area contributed by atoms with Gasteiger partial charge in [0.1, 0.15) is 6.61 Å². The fraction of sp³-hybridized carbons (Fsp3) is 0.625. The van der Waals surface area contributed by atoms with E-state index in [1.165, 1.54) is 0 Å². The molecular formula is C8H14O3. The molecule has 0 atom stereocenters. The Bertz CT molecular complexity index is 140. The van der Waals surface area contributed by atoms with Crippen molar-refractivity contribution in [2.75, 3.05) is 13.2 Å². The summed E-state index contributed by atoms with van der Waals surface area (Å²) >= 11 is 0. The van der Waals surface area contributed by atoms with Crippen molar-refractivity contribution in [1.82, 2.24) is 0 Å². The molecule has 0 heterocycles. The monoisotopic (exact) mass is 158 g/mol. The molecule has 3 heteroatoms. The predicted molar refractivity (Wildman–Crippen MR) is 42.4 cm³/mol. The van der Waals surface area contributed by atoms with Gasteiger partial charge in [0.2, 0.25) is 0 Å². The maximum absolute atomic E-state index is 10.6. The molecule has 0 fully saturated rings. The molecule has 0 aromatic carbocycles. The molecule has 0 spiro atoms. The van der Waals surface area contributed by atoms with E-state index in [0.717, 1.165) is 12.0 Å². The Morgan fingerprint density at radius 2 is 2.09 bits per heavy atom. The van der Waals surface area contributed by atoms with Gasteiger partial charge in [-0.15, -0.1) is 0 Å². The summed E-state index contributed by atoms with van der Waals surface area (Å²) in [5.74, 6) is 0. The third-order valence-electron chi connectivity index (χ3n) is 0.860. The van der Waals surface area contributed by atoms with Crippen LogP contribution in [0, 0.1) is 0 Å². The molecule has 0 saturated heterocycles. The van der Waals surface area contributed by atoms with E-state index in [-0.39, 0.29) is 6.61 Å². The zero-order chi connectivity index (χ0) is 8.69. The molecule has 0 bridgehead atoms. The number of hydrogen-bond donors (Lipinski definition) is 0. The molecule has 0 rings (SSSR count). The van der Waals surface area contributed by atoms with Gasteiger partial charge >= 0.3 is 6.16 Å². The third-order valence-corrected chi connectivity index (χ3v) is 0.860. The van der Waals surface area contributed by atoms with Gasteiger partial charge in [0, 0.05) is 0 Å². The van der Waals surface area contributed by atoms with Crippen molar-refractivity contribution in [3.63, 3.8) is 0 Å². The predicted octanol–water partition coefficient (Wildman–Crippen LogP) is 2.13. The van der Waals surface area contributed by atoms with Crippen molar-refractivity contribution in [1.29, 1.82) is 0 Å². The summed E-state index contributed by atoms with van der Waals surface area (Å²) in [6.07, 6.45) is 0.192. The molecule has 11 heavy (non-hydrogen) atoms. The lowest BCUT2D eigenvalue weighted by atomic mass is 10.4. The van der Waals surface area contributed by atoms with Crippen molar-refractivity contribution >= 4 is 6.16 Å². The first kappa shape index (κ1) is 10.0. The van der Waals surface area contributed by atoms with Gasteiger partial charge in [-0.3, -0.25) is 0 Å². The van der Waals surface area contributed by atoms with Crippen LogP contribution >= 0.6 is 0 Å². The van der Waals surface area contributed by atoms with Crippen molar-refractivity contribution in [3.05, 3.63) is 12.2 Å². The lowest BCUT2D eigenvalue weighted by Gasteiger charge is -2.03. The molecular weight excluding hydrogens is 144 g/mol. The van der Waals surface area contributed by atoms with Crippen LogP contribution in [-0.4, -0.2) is 19.4 Å². The third kappa shape index (κ3) is 6.90. The van der Waals surface area contributed by atoms with Crippen LogP contribution in [0.25, 0.3) is 0 Å². The Morgan fingerprint density at radius 1 is 1.45 bits per heavy atom. The minimum Gasteiger partial charge on any atom is -0.434 e. The van der Waals surface area contributed by atoms with E-state index in [9.17, 15) is 4.79 Å². The van der Waals surface area contributed by atoms with Gasteiger partial charge in [-0.05, 0) is 18.9 Å². The first-order valence-corrected chi connectivity index (χ1v) is 3.60. The van der Waals surface area contributed by atoms with Gasteiger partial charge in [0.15, 0.2) is 0 Å². The van der Waals surface area contributed by atoms with E-state index >= 15 is 0 Å². The molecule has 3 nitrogen and oxygen atoms in total. The summed E-state index contributed by atoms with van der Waals surface area (Å²) in [6, 6.07) is 0. The van der Waals surface area contributed by atoms with Crippen LogP contribution < -0.4 is 0 Å². The van der Waals surface area contributed by atoms with E-state index < -0.39 is 6.16 Å². The molecule has 0 amide bonds. The number of rotatable bonds is 4. The Kier molecular flexibility index (Phi) is 5.25. The van der Waals surface area contributed by atoms with Crippen LogP contribution in [0.3, 0.4) is 0 Å². The molecule has 0 aliphatic carbocycles. The van der Waals surface area contributed by atoms with Gasteiger partial charge in [0.05, 0.1) is 6.61 Å². The van der Waals surface area contributed by atoms with Crippen molar-refractivity contribution in [2.45, 2.75) is 20.3 Å². The van der Waals surface area contributed by atoms with Crippen LogP contribution in [0.1, 0.15) is 20.3 Å². The van der Waals surface area contributed by atoms with Gasteiger partial charge in [0.25, 0.3) is 0 Å². The van der Waals surface area contributed by atoms with E-state index in [1.807, 2.05) is 6.92 Å². The van der Waals surface area contributed by atoms with Crippen LogP contribution in [0.4, 0.5) is 4.79 Å². The van der Waals surface area contributed by atoms with Gasteiger partial charge in [-0.2, -0.15) is 0 Å². The van der Waals surface area contributed by atoms with Crippen molar-refractivity contribution in [2.24, 2.45) is 0 Å². The zero-order valence-electron chi connectivity index (χ0n) is 7.05. The lowest BCUT2D eigenvalue weighted by molar-refractivity contribution is 0.0617. The van der Waals surface area contributed by atoms with Crippen molar-refractivity contribution < 1.29 is 14.3 Å². The van der Waals surface area contributed by atoms with Crippen LogP contribution in [0.15, 0.2) is 12.2 Å². The molecule has 0 aromatic heterocycles. The number of ether oxygens (including phenoxy) is 2. The maximum atomic E-state index is 10.6. The zero-order valence-corrected chi connectivity index (χ0v) is 7.05. The lowest BCUT2D eigenvalue weighted by Crippen LogP contribution is -2.09. The topological polar surface area (TPSA) is 35.5 Å². The fourth-order valence-corrected chi connectivity index (χ4v) is 0.409. The molecule has 0 N–H and O–H groups in total. The highest BCUT2D eigenvalue weighted by molar-refractivity contribution is 5.59. The highest BCUT2D eigenvalue weighted by atomic mass is 16.7. The molecule has 0 aliphatic heterocycles. The summed E-state index contributed by atoms with van der Waals surface area (Å²) in [6.45, 7) is 7.93. The highest BCUT2D eigenvalue weighted by Gasteiger charge is 2.00. The second-order valence-electron chi connectivity index (χ2n) is 2.34. The van der Waals surface area contributed by atoms with Gasteiger partial charge in [-0.25, -0.2) is 4.79 Å². The second kappa shape index (κ2) is 5.77. The smallest absolute Gasteiger partial charge is 0.434 e. The Morgan fingerprint density at radius 3 is 2.55 bits per heavy atom. The van der Waals surface area contributed by atoms with Gasteiger partial charge < -0.3 is 9.47 Å². The maximum Gasteiger partial charge on any atom is 0.508 e. The normalized spacial score (nSPS) is 8.91. The minimum atomic E-state index is -0.616. The van der Waals surface area contributed by atoms with E-state index in [2.05, 4.69) is 16.1 Å². The molecule has 0 saturated carbocycles. The minimum absolute atomic E-state index is 0.239. The Labute approximate surface area is 67.0 Å². The average molecular weight is 158 g/mol. The van der Waals surface area contributed by atoms with E-state index in [0.29, 0.717) is 6.61 Å². The highest BCUT2D eigenvalue weighted by Crippen LogP contribution is 1.92. The van der Waals surface area contributed by atoms with E-state index in [4.69, 9.17) is 0 Å². The van der Waals surface area contributed by atoms with Crippen LogP contribution in [0.2, 0.25) is 0 Å². The van der Waals surface area contributed by atoms with Crippen LogP contribution in [0.5, 0.6) is 0 Å². The Hall–Kier alpha value is -0.990. The first-order valence-electron chi connectivity index (χ1n) is 3.60. The molecule has 64 valence electrons. The summed E-state index contributed by atoms with van der Waals surface area (Å²) in [4.78, 5) is 10.6. The molecule has 0 radical (unpaired) electrons. The molecule has 0 unspecified atom stereocenters. The number of hydrogen-bond acceptors (Lipinski definition) is 3. The summed E-state index contributed by atoms with van der Waals surface area (Å²) < 4.78 is 9.28. The standard InChI is InChI=1S/C8H14O3/c1-4-5-10-8(9)11-6-7(2)3/h2,4-6H2,1,3H3.